The molecule has 2 N–H and O–H groups in total. The van der Waals surface area contributed by atoms with E-state index in [-0.39, 0.29) is 0 Å². The number of hydrogen-bond donors (Lipinski definition) is 1. The summed E-state index contributed by atoms with van der Waals surface area (Å²) in [7, 11) is 0. The molecule has 96 valence electrons. The minimum Gasteiger partial charge on any atom is -0.329 e. The van der Waals surface area contributed by atoms with Gasteiger partial charge in [-0.1, -0.05) is 24.4 Å². The monoisotopic (exact) mass is 336 g/mol. The molecule has 0 saturated carbocycles. The van der Waals surface area contributed by atoms with Crippen LogP contribution in [-0.2, 0) is 0 Å². The molecule has 2 nitrogen and oxygen atoms in total. The second kappa shape index (κ2) is 6.53. The average molecular weight is 338 g/mol. The van der Waals surface area contributed by atoms with E-state index in [4.69, 9.17) is 17.3 Å². The third-order valence-electron chi connectivity index (χ3n) is 3.30. The van der Waals surface area contributed by atoms with Gasteiger partial charge in [-0.25, -0.2) is 0 Å². The predicted molar refractivity (Wildman–Crippen MR) is 78.9 cm³/mol. The van der Waals surface area contributed by atoms with Crippen molar-refractivity contribution in [1.82, 2.24) is 4.90 Å². The predicted octanol–water partition coefficient (Wildman–Crippen LogP) is 4.04. The molecule has 1 fully saturated rings. The molecule has 17 heavy (non-hydrogen) atoms. The van der Waals surface area contributed by atoms with E-state index in [9.17, 15) is 0 Å². The third kappa shape index (κ3) is 3.44. The second-order valence-electron chi connectivity index (χ2n) is 4.47. The summed E-state index contributed by atoms with van der Waals surface area (Å²) in [6.45, 7) is 2.99. The Kier molecular flexibility index (Phi) is 5.30. The maximum atomic E-state index is 6.11. The van der Waals surface area contributed by atoms with Crippen molar-refractivity contribution in [2.24, 2.45) is 5.73 Å². The van der Waals surface area contributed by atoms with Gasteiger partial charge in [-0.3, -0.25) is 4.90 Å². The van der Waals surface area contributed by atoms with Crippen LogP contribution in [0.5, 0.6) is 0 Å². The minimum atomic E-state index is 0.335. The van der Waals surface area contributed by atoms with Crippen molar-refractivity contribution < 1.29 is 0 Å². The molecule has 1 atom stereocenters. The quantitative estimate of drug-likeness (QED) is 0.902. The molecule has 1 aliphatic heterocycles. The van der Waals surface area contributed by atoms with Gasteiger partial charge in [0.25, 0.3) is 0 Å². The highest BCUT2D eigenvalue weighted by atomic mass is 79.9. The average Bonchev–Trinajstić information content (AvgIpc) is 2.56. The summed E-state index contributed by atoms with van der Waals surface area (Å²) >= 11 is 11.2. The normalized spacial score (nSPS) is 20.2. The van der Waals surface area contributed by atoms with E-state index in [0.717, 1.165) is 21.9 Å². The van der Waals surface area contributed by atoms with Crippen LogP contribution in [-0.4, -0.2) is 24.5 Å². The van der Waals surface area contributed by atoms with E-state index in [0.29, 0.717) is 12.6 Å². The van der Waals surface area contributed by atoms with Crippen LogP contribution in [0, 0.1) is 0 Å². The van der Waals surface area contributed by atoms with Crippen LogP contribution in [0.15, 0.2) is 10.5 Å². The Morgan fingerprint density at radius 3 is 2.47 bits per heavy atom. The van der Waals surface area contributed by atoms with Gasteiger partial charge in [0, 0.05) is 15.9 Å². The highest BCUT2D eigenvalue weighted by molar-refractivity contribution is 9.10. The second-order valence-corrected chi connectivity index (χ2v) is 7.01. The van der Waals surface area contributed by atoms with Crippen LogP contribution in [0.25, 0.3) is 0 Å². The minimum absolute atomic E-state index is 0.335. The van der Waals surface area contributed by atoms with Gasteiger partial charge < -0.3 is 5.73 Å². The third-order valence-corrected chi connectivity index (χ3v) is 5.87. The van der Waals surface area contributed by atoms with Gasteiger partial charge >= 0.3 is 0 Å². The summed E-state index contributed by atoms with van der Waals surface area (Å²) in [5.74, 6) is 0. The van der Waals surface area contributed by atoms with Gasteiger partial charge in [0.05, 0.1) is 6.04 Å². The van der Waals surface area contributed by atoms with Crippen molar-refractivity contribution in [2.75, 3.05) is 19.6 Å². The number of halogens is 2. The van der Waals surface area contributed by atoms with Crippen LogP contribution in [0.2, 0.25) is 4.34 Å². The standard InChI is InChI=1S/C12H18BrClN2S/c13-9-7-11(17-12(9)14)10(8-15)16-5-3-1-2-4-6-16/h7,10H,1-6,8,15H2. The summed E-state index contributed by atoms with van der Waals surface area (Å²) in [4.78, 5) is 3.80. The maximum Gasteiger partial charge on any atom is 0.107 e. The van der Waals surface area contributed by atoms with Gasteiger partial charge in [-0.2, -0.15) is 0 Å². The number of rotatable bonds is 3. The Morgan fingerprint density at radius 2 is 2.00 bits per heavy atom. The number of nitrogens with zero attached hydrogens (tertiary/aromatic N) is 1. The molecular weight excluding hydrogens is 320 g/mol. The van der Waals surface area contributed by atoms with Gasteiger partial charge in [0.1, 0.15) is 4.34 Å². The van der Waals surface area contributed by atoms with E-state index in [2.05, 4.69) is 26.9 Å². The Labute approximate surface area is 120 Å². The van der Waals surface area contributed by atoms with E-state index >= 15 is 0 Å². The van der Waals surface area contributed by atoms with Gasteiger partial charge in [-0.15, -0.1) is 11.3 Å². The van der Waals surface area contributed by atoms with Crippen LogP contribution in [0.3, 0.4) is 0 Å². The van der Waals surface area contributed by atoms with Crippen LogP contribution >= 0.6 is 38.9 Å². The molecule has 1 unspecified atom stereocenters. The van der Waals surface area contributed by atoms with Crippen molar-refractivity contribution in [1.29, 1.82) is 0 Å². The van der Waals surface area contributed by atoms with Gasteiger partial charge in [0.15, 0.2) is 0 Å². The van der Waals surface area contributed by atoms with E-state index in [1.165, 1.54) is 30.6 Å². The lowest BCUT2D eigenvalue weighted by atomic mass is 10.2. The molecule has 0 amide bonds. The molecule has 5 heteroatoms. The van der Waals surface area contributed by atoms with E-state index in [1.54, 1.807) is 11.3 Å². The molecule has 2 rings (SSSR count). The van der Waals surface area contributed by atoms with Crippen molar-refractivity contribution in [3.63, 3.8) is 0 Å². The lowest BCUT2D eigenvalue weighted by Crippen LogP contribution is -2.34. The molecule has 2 heterocycles. The molecular formula is C12H18BrClN2S. The fraction of sp³-hybridized carbons (Fsp3) is 0.667. The maximum absolute atomic E-state index is 6.11. The summed E-state index contributed by atoms with van der Waals surface area (Å²) < 4.78 is 1.82. The molecule has 1 aliphatic rings. The highest BCUT2D eigenvalue weighted by Crippen LogP contribution is 2.37. The molecule has 1 aromatic heterocycles. The van der Waals surface area contributed by atoms with Gasteiger partial charge in [-0.05, 0) is 47.9 Å². The lowest BCUT2D eigenvalue weighted by Gasteiger charge is -2.28. The first-order chi connectivity index (χ1) is 8.22. The first-order valence-corrected chi connectivity index (χ1v) is 8.10. The van der Waals surface area contributed by atoms with E-state index < -0.39 is 0 Å². The molecule has 0 aliphatic carbocycles. The highest BCUT2D eigenvalue weighted by Gasteiger charge is 2.22. The molecule has 1 saturated heterocycles. The van der Waals surface area contributed by atoms with Crippen LogP contribution < -0.4 is 5.73 Å². The van der Waals surface area contributed by atoms with E-state index in [1.807, 2.05) is 0 Å². The van der Waals surface area contributed by atoms with Crippen molar-refractivity contribution >= 4 is 38.9 Å². The molecule has 0 aromatic carbocycles. The zero-order valence-corrected chi connectivity index (χ0v) is 13.0. The Morgan fingerprint density at radius 1 is 1.35 bits per heavy atom. The topological polar surface area (TPSA) is 29.3 Å². The molecule has 0 radical (unpaired) electrons. The number of thiophene rings is 1. The Balaban J connectivity index is 2.13. The number of hydrogen-bond acceptors (Lipinski definition) is 3. The summed E-state index contributed by atoms with van der Waals surface area (Å²) in [6, 6.07) is 2.46. The first kappa shape index (κ1) is 13.8. The van der Waals surface area contributed by atoms with Gasteiger partial charge in [0.2, 0.25) is 0 Å². The molecule has 0 spiro atoms. The Bertz CT molecular complexity index is 342. The number of likely N-dealkylation sites (tertiary alicyclic amines) is 1. The zero-order chi connectivity index (χ0) is 12.3. The largest absolute Gasteiger partial charge is 0.329 e. The summed E-state index contributed by atoms with van der Waals surface area (Å²) in [5, 5.41) is 0. The fourth-order valence-electron chi connectivity index (χ4n) is 2.38. The fourth-order valence-corrected chi connectivity index (χ4v) is 4.26. The number of nitrogens with two attached hydrogens (primary N) is 1. The van der Waals surface area contributed by atoms with Crippen LogP contribution in [0.4, 0.5) is 0 Å². The lowest BCUT2D eigenvalue weighted by molar-refractivity contribution is 0.212. The zero-order valence-electron chi connectivity index (χ0n) is 9.79. The molecule has 0 bridgehead atoms. The summed E-state index contributed by atoms with van der Waals surface area (Å²) in [5.41, 5.74) is 5.95. The van der Waals surface area contributed by atoms with Crippen molar-refractivity contribution in [3.05, 3.63) is 19.8 Å². The smallest absolute Gasteiger partial charge is 0.107 e. The van der Waals surface area contributed by atoms with Crippen molar-refractivity contribution in [3.8, 4) is 0 Å². The molecule has 1 aromatic rings. The first-order valence-electron chi connectivity index (χ1n) is 6.11. The SMILES string of the molecule is NCC(c1cc(Br)c(Cl)s1)N1CCCCCC1. The summed E-state index contributed by atoms with van der Waals surface area (Å²) in [6.07, 6.45) is 5.28. The van der Waals surface area contributed by atoms with Crippen LogP contribution in [0.1, 0.15) is 36.6 Å². The van der Waals surface area contributed by atoms with Crippen molar-refractivity contribution in [2.45, 2.75) is 31.7 Å². The Hall–Kier alpha value is 0.390.